The highest BCUT2D eigenvalue weighted by atomic mass is 16.4. The van der Waals surface area contributed by atoms with Gasteiger partial charge in [0, 0.05) is 26.6 Å². The average Bonchev–Trinajstić information content (AvgIpc) is 2.86. The van der Waals surface area contributed by atoms with Crippen molar-refractivity contribution in [3.63, 3.8) is 0 Å². The lowest BCUT2D eigenvalue weighted by molar-refractivity contribution is -0.138. The lowest BCUT2D eigenvalue weighted by Crippen LogP contribution is -2.43. The number of likely N-dealkylation sites (tertiary alicyclic amines) is 1. The Hall–Kier alpha value is -1.63. The van der Waals surface area contributed by atoms with E-state index in [9.17, 15) is 14.4 Å². The summed E-state index contributed by atoms with van der Waals surface area (Å²) in [5, 5.41) is 10.6. The zero-order chi connectivity index (χ0) is 14.3. The topological polar surface area (TPSA) is 90.0 Å². The van der Waals surface area contributed by atoms with E-state index in [2.05, 4.69) is 10.2 Å². The van der Waals surface area contributed by atoms with Crippen LogP contribution in [0.5, 0.6) is 0 Å². The van der Waals surface area contributed by atoms with Crippen molar-refractivity contribution in [3.05, 3.63) is 0 Å². The van der Waals surface area contributed by atoms with Crippen LogP contribution in [0.2, 0.25) is 0 Å². The van der Waals surface area contributed by atoms with Crippen molar-refractivity contribution < 1.29 is 19.5 Å². The van der Waals surface area contributed by atoms with Gasteiger partial charge in [0.15, 0.2) is 0 Å². The monoisotopic (exact) mass is 271 g/mol. The molecule has 0 unspecified atom stereocenters. The average molecular weight is 271 g/mol. The van der Waals surface area contributed by atoms with Crippen LogP contribution in [0.25, 0.3) is 0 Å². The Bertz CT molecular complexity index is 340. The highest BCUT2D eigenvalue weighted by molar-refractivity contribution is 5.95. The van der Waals surface area contributed by atoms with Gasteiger partial charge < -0.3 is 14.9 Å². The molecule has 1 fully saturated rings. The Morgan fingerprint density at radius 3 is 2.42 bits per heavy atom. The van der Waals surface area contributed by atoms with Crippen LogP contribution in [0.1, 0.15) is 25.7 Å². The maximum atomic E-state index is 11.6. The molecule has 2 N–H and O–H groups in total. The molecule has 0 saturated carbocycles. The minimum Gasteiger partial charge on any atom is -0.481 e. The van der Waals surface area contributed by atoms with Gasteiger partial charge in [-0.1, -0.05) is 0 Å². The number of nitrogens with zero attached hydrogens (tertiary/aromatic N) is 2. The second-order valence-electron chi connectivity index (χ2n) is 4.72. The van der Waals surface area contributed by atoms with Gasteiger partial charge in [0.25, 0.3) is 0 Å². The van der Waals surface area contributed by atoms with Crippen LogP contribution in [0.15, 0.2) is 0 Å². The van der Waals surface area contributed by atoms with Crippen molar-refractivity contribution in [2.75, 3.05) is 33.2 Å². The number of imide groups is 1. The maximum absolute atomic E-state index is 11.6. The SMILES string of the molecule is CN(CCN1CCCC1)C(=O)NC(=O)CCC(=O)O. The van der Waals surface area contributed by atoms with E-state index in [0.29, 0.717) is 6.54 Å². The molecule has 0 aromatic carbocycles. The molecule has 7 heteroatoms. The molecule has 1 aliphatic heterocycles. The predicted octanol–water partition coefficient (Wildman–Crippen LogP) is 0.115. The molecular formula is C12H21N3O4. The van der Waals surface area contributed by atoms with Gasteiger partial charge in [0.2, 0.25) is 5.91 Å². The van der Waals surface area contributed by atoms with Crippen LogP contribution in [0, 0.1) is 0 Å². The van der Waals surface area contributed by atoms with Gasteiger partial charge in [-0.05, 0) is 25.9 Å². The summed E-state index contributed by atoms with van der Waals surface area (Å²) in [4.78, 5) is 36.9. The van der Waals surface area contributed by atoms with Crippen LogP contribution in [-0.4, -0.2) is 66.0 Å². The molecule has 7 nitrogen and oxygen atoms in total. The lowest BCUT2D eigenvalue weighted by Gasteiger charge is -2.21. The van der Waals surface area contributed by atoms with Crippen molar-refractivity contribution in [1.29, 1.82) is 0 Å². The third-order valence-electron chi connectivity index (χ3n) is 3.11. The van der Waals surface area contributed by atoms with E-state index in [1.807, 2.05) is 0 Å². The van der Waals surface area contributed by atoms with E-state index in [0.717, 1.165) is 19.6 Å². The molecule has 0 aromatic rings. The first kappa shape index (κ1) is 15.4. The number of amides is 3. The maximum Gasteiger partial charge on any atom is 0.323 e. The zero-order valence-corrected chi connectivity index (χ0v) is 11.2. The van der Waals surface area contributed by atoms with Crippen molar-refractivity contribution in [2.24, 2.45) is 0 Å². The van der Waals surface area contributed by atoms with Gasteiger partial charge in [0.1, 0.15) is 0 Å². The van der Waals surface area contributed by atoms with E-state index in [1.54, 1.807) is 7.05 Å². The quantitative estimate of drug-likeness (QED) is 0.716. The third-order valence-corrected chi connectivity index (χ3v) is 3.11. The summed E-state index contributed by atoms with van der Waals surface area (Å²) in [6.45, 7) is 3.48. The van der Waals surface area contributed by atoms with Gasteiger partial charge in [0.05, 0.1) is 6.42 Å². The highest BCUT2D eigenvalue weighted by Gasteiger charge is 2.16. The molecular weight excluding hydrogens is 250 g/mol. The number of urea groups is 1. The summed E-state index contributed by atoms with van der Waals surface area (Å²) in [5.41, 5.74) is 0. The molecule has 1 saturated heterocycles. The Balaban J connectivity index is 2.19. The molecule has 108 valence electrons. The highest BCUT2D eigenvalue weighted by Crippen LogP contribution is 2.06. The second-order valence-corrected chi connectivity index (χ2v) is 4.72. The van der Waals surface area contributed by atoms with E-state index >= 15 is 0 Å². The fourth-order valence-electron chi connectivity index (χ4n) is 1.90. The summed E-state index contributed by atoms with van der Waals surface area (Å²) in [6.07, 6.45) is 1.95. The predicted molar refractivity (Wildman–Crippen MR) is 68.7 cm³/mol. The second kappa shape index (κ2) is 7.73. The smallest absolute Gasteiger partial charge is 0.323 e. The number of carbonyl (C=O) groups is 3. The van der Waals surface area contributed by atoms with Gasteiger partial charge in [-0.25, -0.2) is 4.79 Å². The van der Waals surface area contributed by atoms with Crippen LogP contribution >= 0.6 is 0 Å². The van der Waals surface area contributed by atoms with E-state index in [1.165, 1.54) is 17.7 Å². The number of aliphatic carboxylic acids is 1. The van der Waals surface area contributed by atoms with Gasteiger partial charge in [-0.3, -0.25) is 14.9 Å². The standard InChI is InChI=1S/C12H21N3O4/c1-14(8-9-15-6-2-3-7-15)12(19)13-10(16)4-5-11(17)18/h2-9H2,1H3,(H,17,18)(H,13,16,19). The Morgan fingerprint density at radius 2 is 1.84 bits per heavy atom. The van der Waals surface area contributed by atoms with Crippen molar-refractivity contribution >= 4 is 17.9 Å². The molecule has 19 heavy (non-hydrogen) atoms. The zero-order valence-electron chi connectivity index (χ0n) is 11.2. The first-order chi connectivity index (χ1) is 8.99. The van der Waals surface area contributed by atoms with E-state index in [4.69, 9.17) is 5.11 Å². The molecule has 0 bridgehead atoms. The normalized spacial score (nSPS) is 15.2. The van der Waals surface area contributed by atoms with Crippen molar-refractivity contribution in [2.45, 2.75) is 25.7 Å². The Labute approximate surface area is 112 Å². The first-order valence-corrected chi connectivity index (χ1v) is 6.48. The lowest BCUT2D eigenvalue weighted by atomic mass is 10.3. The number of hydrogen-bond acceptors (Lipinski definition) is 4. The fraction of sp³-hybridized carbons (Fsp3) is 0.750. The molecule has 1 aliphatic rings. The number of hydrogen-bond donors (Lipinski definition) is 2. The molecule has 0 spiro atoms. The van der Waals surface area contributed by atoms with Gasteiger partial charge in [-0.15, -0.1) is 0 Å². The summed E-state index contributed by atoms with van der Waals surface area (Å²) < 4.78 is 0. The van der Waals surface area contributed by atoms with E-state index in [-0.39, 0.29) is 12.8 Å². The van der Waals surface area contributed by atoms with Gasteiger partial charge in [-0.2, -0.15) is 0 Å². The summed E-state index contributed by atoms with van der Waals surface area (Å²) in [5.74, 6) is -1.61. The van der Waals surface area contributed by atoms with Crippen LogP contribution in [0.4, 0.5) is 4.79 Å². The molecule has 0 aliphatic carbocycles. The van der Waals surface area contributed by atoms with Crippen molar-refractivity contribution in [3.8, 4) is 0 Å². The number of nitrogens with one attached hydrogen (secondary N) is 1. The molecule has 0 atom stereocenters. The van der Waals surface area contributed by atoms with E-state index < -0.39 is 17.9 Å². The largest absolute Gasteiger partial charge is 0.481 e. The summed E-state index contributed by atoms with van der Waals surface area (Å²) >= 11 is 0. The molecule has 0 aromatic heterocycles. The third kappa shape index (κ3) is 6.19. The number of likely N-dealkylation sites (N-methyl/N-ethyl adjacent to an activating group) is 1. The number of carbonyl (C=O) groups excluding carboxylic acids is 2. The number of carboxylic acids is 1. The van der Waals surface area contributed by atoms with Crippen LogP contribution in [0.3, 0.4) is 0 Å². The summed E-state index contributed by atoms with van der Waals surface area (Å²) in [6, 6.07) is -0.477. The Morgan fingerprint density at radius 1 is 1.21 bits per heavy atom. The fourth-order valence-corrected chi connectivity index (χ4v) is 1.90. The number of carboxylic acid groups (broad SMARTS) is 1. The summed E-state index contributed by atoms with van der Waals surface area (Å²) in [7, 11) is 1.62. The van der Waals surface area contributed by atoms with Crippen LogP contribution < -0.4 is 5.32 Å². The van der Waals surface area contributed by atoms with Crippen LogP contribution in [-0.2, 0) is 9.59 Å². The van der Waals surface area contributed by atoms with Gasteiger partial charge >= 0.3 is 12.0 Å². The molecule has 1 rings (SSSR count). The first-order valence-electron chi connectivity index (χ1n) is 6.48. The number of rotatable bonds is 6. The molecule has 1 heterocycles. The van der Waals surface area contributed by atoms with Crippen molar-refractivity contribution in [1.82, 2.24) is 15.1 Å². The minimum atomic E-state index is -1.05. The molecule has 3 amide bonds. The Kier molecular flexibility index (Phi) is 6.27. The minimum absolute atomic E-state index is 0.180. The molecule has 0 radical (unpaired) electrons.